The molecule has 2 aliphatic rings. The first kappa shape index (κ1) is 17.7. The smallest absolute Gasteiger partial charge is 0.253 e. The molecule has 1 amide bonds. The van der Waals surface area contributed by atoms with Crippen LogP contribution in [0.2, 0.25) is 0 Å². The molecule has 0 saturated carbocycles. The third-order valence-corrected chi connectivity index (χ3v) is 5.57. The fourth-order valence-electron chi connectivity index (χ4n) is 4.03. The molecule has 140 valence electrons. The van der Waals surface area contributed by atoms with Crippen molar-refractivity contribution in [2.75, 3.05) is 13.1 Å². The van der Waals surface area contributed by atoms with Crippen LogP contribution in [0.3, 0.4) is 0 Å². The quantitative estimate of drug-likeness (QED) is 0.887. The summed E-state index contributed by atoms with van der Waals surface area (Å²) in [4.78, 5) is 27.3. The normalized spacial score (nSPS) is 22.1. The van der Waals surface area contributed by atoms with E-state index < -0.39 is 5.60 Å². The van der Waals surface area contributed by atoms with Crippen molar-refractivity contribution >= 4 is 11.7 Å². The molecule has 1 atom stereocenters. The summed E-state index contributed by atoms with van der Waals surface area (Å²) in [6.07, 6.45) is 2.58. The maximum Gasteiger partial charge on any atom is 0.253 e. The number of aliphatic hydroxyl groups is 1. The number of aliphatic hydroxyl groups excluding tert-OH is 1. The minimum absolute atomic E-state index is 0.0147. The van der Waals surface area contributed by atoms with Crippen LogP contribution in [0, 0.1) is 0 Å². The van der Waals surface area contributed by atoms with Crippen molar-refractivity contribution in [3.8, 4) is 5.75 Å². The number of carbonyl (C=O) groups is 2. The molecule has 1 saturated heterocycles. The fraction of sp³-hybridized carbons (Fsp3) is 0.364. The van der Waals surface area contributed by atoms with Crippen LogP contribution in [0.5, 0.6) is 5.75 Å². The molecule has 5 nitrogen and oxygen atoms in total. The van der Waals surface area contributed by atoms with Crippen LogP contribution in [0.15, 0.2) is 48.5 Å². The van der Waals surface area contributed by atoms with Crippen LogP contribution in [0.25, 0.3) is 0 Å². The number of carbonyl (C=O) groups excluding carboxylic acids is 2. The van der Waals surface area contributed by atoms with Gasteiger partial charge in [0.15, 0.2) is 5.78 Å². The summed E-state index contributed by atoms with van der Waals surface area (Å²) in [7, 11) is 0. The molecule has 27 heavy (non-hydrogen) atoms. The Morgan fingerprint density at radius 3 is 2.63 bits per heavy atom. The van der Waals surface area contributed by atoms with E-state index in [0.717, 1.165) is 18.4 Å². The Bertz CT molecular complexity index is 861. The maximum absolute atomic E-state index is 12.8. The van der Waals surface area contributed by atoms with Crippen LogP contribution in [-0.2, 0) is 6.61 Å². The molecular formula is C22H23NO4. The lowest BCUT2D eigenvalue weighted by Gasteiger charge is -2.37. The third kappa shape index (κ3) is 3.47. The summed E-state index contributed by atoms with van der Waals surface area (Å²) in [6, 6.07) is 14.5. The third-order valence-electron chi connectivity index (χ3n) is 5.57. The number of amides is 1. The van der Waals surface area contributed by atoms with Crippen LogP contribution in [-0.4, -0.2) is 40.4 Å². The lowest BCUT2D eigenvalue weighted by atomic mass is 9.84. The Kier molecular flexibility index (Phi) is 4.70. The van der Waals surface area contributed by atoms with Gasteiger partial charge in [-0.15, -0.1) is 0 Å². The SMILES string of the molecule is O=C1CC2(CCCN(C(=O)c3ccc(CO)cc3)CC2)Oc2ccccc21. The van der Waals surface area contributed by atoms with Crippen LogP contribution >= 0.6 is 0 Å². The molecule has 1 spiro atoms. The minimum Gasteiger partial charge on any atom is -0.486 e. The van der Waals surface area contributed by atoms with E-state index in [4.69, 9.17) is 9.84 Å². The lowest BCUT2D eigenvalue weighted by Crippen LogP contribution is -2.43. The lowest BCUT2D eigenvalue weighted by molar-refractivity contribution is 0.0300. The molecule has 5 heteroatoms. The van der Waals surface area contributed by atoms with Gasteiger partial charge in [0.25, 0.3) is 5.91 Å². The summed E-state index contributed by atoms with van der Waals surface area (Å²) in [6.45, 7) is 1.19. The Balaban J connectivity index is 1.49. The largest absolute Gasteiger partial charge is 0.486 e. The molecule has 2 aromatic carbocycles. The molecular weight excluding hydrogens is 342 g/mol. The molecule has 1 unspecified atom stereocenters. The van der Waals surface area contributed by atoms with Crippen molar-refractivity contribution in [2.24, 2.45) is 0 Å². The first-order valence-electron chi connectivity index (χ1n) is 9.41. The maximum atomic E-state index is 12.8. The molecule has 0 bridgehead atoms. The Labute approximate surface area is 158 Å². The molecule has 2 aliphatic heterocycles. The number of Topliss-reactive ketones (excluding diaryl/α,β-unsaturated/α-hetero) is 1. The van der Waals surface area contributed by atoms with Gasteiger partial charge in [-0.2, -0.15) is 0 Å². The van der Waals surface area contributed by atoms with E-state index in [1.165, 1.54) is 0 Å². The van der Waals surface area contributed by atoms with Crippen LogP contribution in [0.4, 0.5) is 0 Å². The van der Waals surface area contributed by atoms with E-state index in [9.17, 15) is 9.59 Å². The molecule has 2 aromatic rings. The first-order valence-corrected chi connectivity index (χ1v) is 9.41. The van der Waals surface area contributed by atoms with E-state index in [0.29, 0.717) is 42.8 Å². The van der Waals surface area contributed by atoms with Gasteiger partial charge < -0.3 is 14.7 Å². The number of benzene rings is 2. The highest BCUT2D eigenvalue weighted by Gasteiger charge is 2.42. The Hall–Kier alpha value is -2.66. The molecule has 1 fully saturated rings. The molecule has 0 radical (unpaired) electrons. The van der Waals surface area contributed by atoms with Gasteiger partial charge in [0.2, 0.25) is 0 Å². The predicted octanol–water partition coefficient (Wildman–Crippen LogP) is 3.21. The summed E-state index contributed by atoms with van der Waals surface area (Å²) in [5, 5.41) is 9.15. The second-order valence-corrected chi connectivity index (χ2v) is 7.38. The van der Waals surface area contributed by atoms with Gasteiger partial charge in [0, 0.05) is 25.1 Å². The Morgan fingerprint density at radius 2 is 1.85 bits per heavy atom. The van der Waals surface area contributed by atoms with Gasteiger partial charge in [-0.25, -0.2) is 0 Å². The summed E-state index contributed by atoms with van der Waals surface area (Å²) in [5.41, 5.74) is 1.55. The van der Waals surface area contributed by atoms with Crippen molar-refractivity contribution in [1.82, 2.24) is 4.90 Å². The highest BCUT2D eigenvalue weighted by molar-refractivity contribution is 6.00. The number of ether oxygens (including phenoxy) is 1. The van der Waals surface area contributed by atoms with Gasteiger partial charge in [0.1, 0.15) is 11.4 Å². The number of likely N-dealkylation sites (tertiary alicyclic amines) is 1. The number of fused-ring (bicyclic) bond motifs is 1. The van der Waals surface area contributed by atoms with Crippen molar-refractivity contribution < 1.29 is 19.4 Å². The number of rotatable bonds is 2. The van der Waals surface area contributed by atoms with Crippen molar-refractivity contribution in [3.63, 3.8) is 0 Å². The van der Waals surface area contributed by atoms with Crippen LogP contribution < -0.4 is 4.74 Å². The fourth-order valence-corrected chi connectivity index (χ4v) is 4.03. The van der Waals surface area contributed by atoms with Crippen molar-refractivity contribution in [2.45, 2.75) is 37.9 Å². The zero-order valence-corrected chi connectivity index (χ0v) is 15.2. The molecule has 0 aliphatic carbocycles. The zero-order valence-electron chi connectivity index (χ0n) is 15.2. The average molecular weight is 365 g/mol. The predicted molar refractivity (Wildman–Crippen MR) is 101 cm³/mol. The van der Waals surface area contributed by atoms with Gasteiger partial charge in [0.05, 0.1) is 18.6 Å². The number of nitrogens with zero attached hydrogens (tertiary/aromatic N) is 1. The molecule has 0 aromatic heterocycles. The van der Waals surface area contributed by atoms with E-state index in [1.54, 1.807) is 24.3 Å². The van der Waals surface area contributed by atoms with Crippen LogP contribution in [0.1, 0.15) is 52.0 Å². The van der Waals surface area contributed by atoms with E-state index in [1.807, 2.05) is 29.2 Å². The van der Waals surface area contributed by atoms with Gasteiger partial charge in [-0.3, -0.25) is 9.59 Å². The second kappa shape index (κ2) is 7.16. The van der Waals surface area contributed by atoms with E-state index in [-0.39, 0.29) is 18.3 Å². The van der Waals surface area contributed by atoms with Gasteiger partial charge in [-0.1, -0.05) is 24.3 Å². The number of hydrogen-bond acceptors (Lipinski definition) is 4. The van der Waals surface area contributed by atoms with E-state index in [2.05, 4.69) is 0 Å². The zero-order chi connectivity index (χ0) is 18.9. The van der Waals surface area contributed by atoms with E-state index >= 15 is 0 Å². The average Bonchev–Trinajstić information content (AvgIpc) is 2.90. The second-order valence-electron chi connectivity index (χ2n) is 7.38. The number of para-hydroxylation sites is 1. The van der Waals surface area contributed by atoms with Crippen molar-refractivity contribution in [1.29, 1.82) is 0 Å². The molecule has 4 rings (SSSR count). The highest BCUT2D eigenvalue weighted by Crippen LogP contribution is 2.39. The van der Waals surface area contributed by atoms with Crippen molar-refractivity contribution in [3.05, 3.63) is 65.2 Å². The highest BCUT2D eigenvalue weighted by atomic mass is 16.5. The minimum atomic E-state index is -0.513. The topological polar surface area (TPSA) is 66.8 Å². The summed E-state index contributed by atoms with van der Waals surface area (Å²) < 4.78 is 6.29. The van der Waals surface area contributed by atoms with Gasteiger partial charge in [-0.05, 0) is 42.7 Å². The molecule has 1 N–H and O–H groups in total. The first-order chi connectivity index (χ1) is 13.1. The summed E-state index contributed by atoms with van der Waals surface area (Å²) >= 11 is 0. The Morgan fingerprint density at radius 1 is 1.07 bits per heavy atom. The standard InChI is InChI=1S/C22H23NO4/c24-15-16-6-8-17(9-7-16)21(26)23-12-3-10-22(11-13-23)14-19(25)18-4-1-2-5-20(18)27-22/h1-2,4-9,24H,3,10-15H2. The molecule has 2 heterocycles. The summed E-state index contributed by atoms with van der Waals surface area (Å²) in [5.74, 6) is 0.767. The number of ketones is 1. The number of hydrogen-bond donors (Lipinski definition) is 1. The monoisotopic (exact) mass is 365 g/mol. The van der Waals surface area contributed by atoms with Gasteiger partial charge >= 0.3 is 0 Å².